The summed E-state index contributed by atoms with van der Waals surface area (Å²) in [5.74, 6) is -11.2. The van der Waals surface area contributed by atoms with E-state index in [2.05, 4.69) is 34.6 Å². The first-order valence-corrected chi connectivity index (χ1v) is 38.1. The third-order valence-electron chi connectivity index (χ3n) is 19.4. The molecule has 0 radical (unpaired) electrons. The van der Waals surface area contributed by atoms with Gasteiger partial charge in [-0.05, 0) is 132 Å². The fourth-order valence-electron chi connectivity index (χ4n) is 13.2. The molecule has 2 rings (SSSR count). The predicted octanol–water partition coefficient (Wildman–Crippen LogP) is 11.7. The molecule has 22 heteroatoms. The van der Waals surface area contributed by atoms with Gasteiger partial charge in [0.1, 0.15) is 18.7 Å². The predicted molar refractivity (Wildman–Crippen MR) is 409 cm³/mol. The van der Waals surface area contributed by atoms with Crippen molar-refractivity contribution in [3.05, 3.63) is 48.0 Å². The second-order valence-corrected chi connectivity index (χ2v) is 31.1. The van der Waals surface area contributed by atoms with Crippen molar-refractivity contribution >= 4 is 76.8 Å². The van der Waals surface area contributed by atoms with Gasteiger partial charge in [0.15, 0.2) is 28.9 Å². The van der Waals surface area contributed by atoms with Crippen molar-refractivity contribution in [3.8, 4) is 0 Å². The molecule has 6 amide bonds. The molecule has 3 N–H and O–H groups in total. The van der Waals surface area contributed by atoms with Crippen LogP contribution in [0.2, 0.25) is 0 Å². The van der Waals surface area contributed by atoms with E-state index in [1.54, 1.807) is 67.7 Å². The molecule has 1 aromatic rings. The summed E-state index contributed by atoms with van der Waals surface area (Å²) in [7, 11) is 7.73. The molecular formula is C81H136N8O14. The number of ether oxygens (including phenoxy) is 1. The van der Waals surface area contributed by atoms with Crippen LogP contribution in [0.5, 0.6) is 0 Å². The molecule has 1 aliphatic heterocycles. The van der Waals surface area contributed by atoms with E-state index in [1.165, 1.54) is 67.6 Å². The van der Waals surface area contributed by atoms with Crippen LogP contribution in [-0.2, 0) is 68.9 Å². The number of hydrogen-bond acceptors (Lipinski definition) is 16. The molecule has 1 fully saturated rings. The maximum atomic E-state index is 15.0. The van der Waals surface area contributed by atoms with Crippen molar-refractivity contribution in [3.63, 3.8) is 0 Å². The molecule has 103 heavy (non-hydrogen) atoms. The van der Waals surface area contributed by atoms with Crippen LogP contribution >= 0.6 is 0 Å². The number of unbranched alkanes of at least 4 members (excludes halogenated alkanes) is 2. The fourth-order valence-corrected chi connectivity index (χ4v) is 13.2. The van der Waals surface area contributed by atoms with Crippen LogP contribution in [-0.4, -0.2) is 192 Å². The van der Waals surface area contributed by atoms with Gasteiger partial charge < -0.3 is 49.9 Å². The van der Waals surface area contributed by atoms with Gasteiger partial charge in [0.2, 0.25) is 35.4 Å². The average Bonchev–Trinajstić information content (AvgIpc) is 0.830. The lowest BCUT2D eigenvalue weighted by Gasteiger charge is -2.36. The van der Waals surface area contributed by atoms with E-state index >= 15 is 0 Å². The summed E-state index contributed by atoms with van der Waals surface area (Å²) in [6.07, 6.45) is 8.49. The molecule has 0 spiro atoms. The number of aliphatic hydroxyl groups is 1. The van der Waals surface area contributed by atoms with Gasteiger partial charge in [0.25, 0.3) is 0 Å². The number of hydrogen-bond donors (Lipinski definition) is 3. The number of Topliss-reactive ketones (excluding diaryl/α,β-unsaturated/α-hetero) is 5. The largest absolute Gasteiger partial charge is 0.392 e. The summed E-state index contributed by atoms with van der Waals surface area (Å²) in [6.45, 7) is 33.4. The lowest BCUT2D eigenvalue weighted by molar-refractivity contribution is -0.148. The van der Waals surface area contributed by atoms with Gasteiger partial charge in [-0.1, -0.05) is 158 Å². The molecule has 1 heterocycles. The topological polar surface area (TPSA) is 288 Å². The molecular weight excluding hydrogens is 1310 g/mol. The highest BCUT2D eigenvalue weighted by Crippen LogP contribution is 2.30. The molecule has 22 nitrogen and oxygen atoms in total. The summed E-state index contributed by atoms with van der Waals surface area (Å²) in [5, 5.41) is 21.6. The highest BCUT2D eigenvalue weighted by molar-refractivity contribution is 5.99. The Bertz CT molecular complexity index is 2890. The molecule has 0 saturated carbocycles. The highest BCUT2D eigenvalue weighted by Gasteiger charge is 2.43. The molecule has 0 aromatic heterocycles. The molecule has 584 valence electrons. The SMILES string of the molecule is C/C=C/C[C@@H](C)[C@@H](O)[C@@H]1CC(=O)[C@H](C(C)C)N(C)C(=O)[C@H](CC(C)C)CC(=O)[C@H](CC(C)C)N(C)C(=O)[C@@H](C)NC(=O)[C@H](C)CC(=O)[C@H](CC(C)C)N(C)C(=O)[C@H](C(C)C)CC(=O)[C@H]([C@@H](C)OCCC/C=N/OCc2ccccc2)N(C)C(=O)CCC(=O)[C@H](CC)NC1=O.CN=CCCCC(C)C. The lowest BCUT2D eigenvalue weighted by Crippen LogP contribution is -2.53. The van der Waals surface area contributed by atoms with E-state index in [9.17, 15) is 57.8 Å². The van der Waals surface area contributed by atoms with Crippen molar-refractivity contribution in [2.45, 2.75) is 282 Å². The monoisotopic (exact) mass is 1450 g/mol. The third kappa shape index (κ3) is 33.5. The van der Waals surface area contributed by atoms with Crippen LogP contribution in [0, 0.1) is 65.1 Å². The number of nitrogens with one attached hydrogen (secondary N) is 2. The number of amides is 6. The van der Waals surface area contributed by atoms with Gasteiger partial charge in [-0.25, -0.2) is 0 Å². The van der Waals surface area contributed by atoms with E-state index in [4.69, 9.17) is 9.57 Å². The zero-order valence-electron chi connectivity index (χ0n) is 67.3. The van der Waals surface area contributed by atoms with E-state index in [-0.39, 0.29) is 82.3 Å². The Morgan fingerprint density at radius 3 is 1.67 bits per heavy atom. The molecule has 0 aliphatic carbocycles. The Hall–Kier alpha value is -6.81. The van der Waals surface area contributed by atoms with Gasteiger partial charge in [0.05, 0.1) is 42.3 Å². The first-order valence-electron chi connectivity index (χ1n) is 38.1. The second-order valence-electron chi connectivity index (χ2n) is 31.1. The van der Waals surface area contributed by atoms with Crippen LogP contribution in [0.3, 0.4) is 0 Å². The number of allylic oxidation sites excluding steroid dienone is 2. The zero-order chi connectivity index (χ0) is 78.5. The van der Waals surface area contributed by atoms with E-state index in [0.717, 1.165) is 17.9 Å². The minimum atomic E-state index is -1.40. The maximum absolute atomic E-state index is 15.0. The van der Waals surface area contributed by atoms with Crippen molar-refractivity contribution in [2.24, 2.45) is 75.2 Å². The Balaban J connectivity index is 0.00000548. The number of aliphatic imine (C=N–C) groups is 1. The molecule has 1 aromatic carbocycles. The van der Waals surface area contributed by atoms with E-state index in [1.807, 2.05) is 98.1 Å². The molecule has 0 bridgehead atoms. The second kappa shape index (κ2) is 49.1. The van der Waals surface area contributed by atoms with Gasteiger partial charge in [-0.15, -0.1) is 0 Å². The van der Waals surface area contributed by atoms with Gasteiger partial charge >= 0.3 is 0 Å². The van der Waals surface area contributed by atoms with Crippen molar-refractivity contribution in [1.29, 1.82) is 0 Å². The first-order chi connectivity index (χ1) is 48.3. The highest BCUT2D eigenvalue weighted by atomic mass is 16.6. The molecule has 13 atom stereocenters. The minimum Gasteiger partial charge on any atom is -0.392 e. The Labute approximate surface area is 619 Å². The van der Waals surface area contributed by atoms with Crippen molar-refractivity contribution in [2.75, 3.05) is 41.8 Å². The number of ketones is 5. The Morgan fingerprint density at radius 2 is 1.14 bits per heavy atom. The number of likely N-dealkylation sites (N-methyl/N-ethyl adjacent to an activating group) is 4. The van der Waals surface area contributed by atoms with E-state index < -0.39 is 167 Å². The average molecular weight is 1450 g/mol. The first kappa shape index (κ1) is 94.2. The number of carbonyl (C=O) groups excluding carboxylic acids is 11. The molecule has 0 unspecified atom stereocenters. The summed E-state index contributed by atoms with van der Waals surface area (Å²) in [6, 6.07) is 2.81. The molecule has 1 aliphatic rings. The number of carbonyl (C=O) groups is 11. The van der Waals surface area contributed by atoms with Crippen LogP contribution in [0.15, 0.2) is 52.6 Å². The molecule has 1 saturated heterocycles. The number of oxime groups is 1. The van der Waals surface area contributed by atoms with Gasteiger partial charge in [-0.2, -0.15) is 0 Å². The number of rotatable bonds is 26. The maximum Gasteiger partial charge on any atom is 0.245 e. The number of nitrogens with zero attached hydrogens (tertiary/aromatic N) is 6. The standard InChI is InChI=1S/C73H119N7O14.C8H17N/c1-21-23-29-49(13)68(87)56-42-63(84)66(48(11)12)80(20)72(91)54(36-44(3)4)40-62(83)59(38-46(7)8)77(17)71(90)51(15)75-69(88)50(14)39-61(82)58(37-45(5)6)78(18)73(92)55(47(9)10)41-64(85)67(79(19)65(86)33-32-60(81)57(22-2)76-70(56)89)52(16)93-35-28-27-34-74-94-43-53-30-25-24-26-31-53;1-8(2)6-4-5-7-9-3/h21,23-26,30-31,34,44-52,54-59,66-68,87H,22,27-29,32-33,35-43H2,1-20H3,(H,75,88)(H,76,89);7-8H,4-6H2,1-3H3/b23-21+,74-34+;/t49-,50-,51-,52-,54-,55+,56+,57+,58+,59+,66+,67+,68-;/m1./s1. The van der Waals surface area contributed by atoms with Gasteiger partial charge in [0, 0.05) is 104 Å². The van der Waals surface area contributed by atoms with Crippen LogP contribution in [0.25, 0.3) is 0 Å². The summed E-state index contributed by atoms with van der Waals surface area (Å²) < 4.78 is 6.27. The van der Waals surface area contributed by atoms with Crippen molar-refractivity contribution in [1.82, 2.24) is 30.2 Å². The van der Waals surface area contributed by atoms with E-state index in [0.29, 0.717) is 19.3 Å². The van der Waals surface area contributed by atoms with Crippen molar-refractivity contribution < 1.29 is 67.4 Å². The smallest absolute Gasteiger partial charge is 0.245 e. The summed E-state index contributed by atoms with van der Waals surface area (Å²) in [4.78, 5) is 175. The van der Waals surface area contributed by atoms with Gasteiger partial charge in [-0.3, -0.25) is 52.7 Å². The summed E-state index contributed by atoms with van der Waals surface area (Å²) in [5.41, 5.74) is 0.952. The number of benzene rings is 1. The quantitative estimate of drug-likeness (QED) is 0.0336. The Kier molecular flexibility index (Phi) is 44.9. The fraction of sp³-hybridized carbons (Fsp3) is 0.741. The van der Waals surface area contributed by atoms with Crippen LogP contribution in [0.4, 0.5) is 0 Å². The number of aliphatic hydroxyl groups excluding tert-OH is 1. The van der Waals surface area contributed by atoms with Crippen LogP contribution < -0.4 is 10.6 Å². The summed E-state index contributed by atoms with van der Waals surface area (Å²) >= 11 is 0. The minimum absolute atomic E-state index is 0.0783. The zero-order valence-corrected chi connectivity index (χ0v) is 67.3. The third-order valence-corrected chi connectivity index (χ3v) is 19.4. The lowest BCUT2D eigenvalue weighted by atomic mass is 9.82. The Morgan fingerprint density at radius 1 is 0.583 bits per heavy atom. The normalized spacial score (nSPS) is 24.6. The van der Waals surface area contributed by atoms with Crippen LogP contribution in [0.1, 0.15) is 233 Å².